The maximum atomic E-state index is 12.5. The smallest absolute Gasteiger partial charge is 0.311 e. The zero-order valence-electron chi connectivity index (χ0n) is 13.9. The molecule has 1 aromatic heterocycles. The summed E-state index contributed by atoms with van der Waals surface area (Å²) in [5.41, 5.74) is 1.50. The molecule has 4 rings (SSSR count). The second-order valence-electron chi connectivity index (χ2n) is 5.83. The van der Waals surface area contributed by atoms with Crippen LogP contribution >= 0.6 is 11.3 Å². The molecule has 0 unspecified atom stereocenters. The van der Waals surface area contributed by atoms with Crippen LogP contribution in [0.3, 0.4) is 0 Å². The molecule has 27 heavy (non-hydrogen) atoms. The summed E-state index contributed by atoms with van der Waals surface area (Å²) in [6.07, 6.45) is 0. The van der Waals surface area contributed by atoms with E-state index in [1.54, 1.807) is 48.5 Å². The van der Waals surface area contributed by atoms with Crippen molar-refractivity contribution in [2.24, 2.45) is 4.99 Å². The molecule has 3 aromatic rings. The third-order valence-electron chi connectivity index (χ3n) is 4.04. The van der Waals surface area contributed by atoms with Crippen molar-refractivity contribution >= 4 is 40.1 Å². The van der Waals surface area contributed by atoms with Gasteiger partial charge in [0.15, 0.2) is 0 Å². The Balaban J connectivity index is 1.61. The Bertz CT molecular complexity index is 1150. The topological polar surface area (TPSA) is 101 Å². The molecule has 1 amide bonds. The highest BCUT2D eigenvalue weighted by atomic mass is 32.1. The molecule has 7 nitrogen and oxygen atoms in total. The van der Waals surface area contributed by atoms with Crippen LogP contribution in [0.2, 0.25) is 0 Å². The number of carbonyl (C=O) groups excluding carboxylic acids is 2. The zero-order chi connectivity index (χ0) is 19.0. The monoisotopic (exact) mass is 379 g/mol. The third-order valence-corrected chi connectivity index (χ3v) is 5.01. The second-order valence-corrected chi connectivity index (χ2v) is 6.79. The maximum Gasteiger partial charge on any atom is 0.311 e. The Morgan fingerprint density at radius 3 is 2.52 bits per heavy atom. The minimum absolute atomic E-state index is 0.0121. The molecule has 0 fully saturated rings. The van der Waals surface area contributed by atoms with Gasteiger partial charge in [0.25, 0.3) is 0 Å². The lowest BCUT2D eigenvalue weighted by Gasteiger charge is -2.06. The summed E-state index contributed by atoms with van der Waals surface area (Å²) in [5, 5.41) is 13.1. The van der Waals surface area contributed by atoms with Crippen molar-refractivity contribution in [2.75, 3.05) is 5.32 Å². The minimum atomic E-state index is -0.544. The van der Waals surface area contributed by atoms with Crippen LogP contribution in [0, 0.1) is 0 Å². The molecule has 2 heterocycles. The van der Waals surface area contributed by atoms with Gasteiger partial charge in [0.05, 0.1) is 5.69 Å². The van der Waals surface area contributed by atoms with E-state index in [-0.39, 0.29) is 22.9 Å². The number of Topliss-reactive ketones (excluding diaryl/α,β-unsaturated/α-hetero) is 1. The Kier molecular flexibility index (Phi) is 4.17. The normalized spacial score (nSPS) is 12.6. The van der Waals surface area contributed by atoms with E-state index in [1.807, 2.05) is 6.07 Å². The van der Waals surface area contributed by atoms with Crippen molar-refractivity contribution < 1.29 is 14.7 Å². The molecule has 2 aromatic carbocycles. The van der Waals surface area contributed by atoms with Gasteiger partial charge in [-0.3, -0.25) is 19.0 Å². The lowest BCUT2D eigenvalue weighted by Crippen LogP contribution is -2.24. The van der Waals surface area contributed by atoms with Crippen molar-refractivity contribution in [3.05, 3.63) is 74.7 Å². The number of anilines is 1. The lowest BCUT2D eigenvalue weighted by atomic mass is 10.1. The number of hydrogen-bond acceptors (Lipinski definition) is 6. The Labute approximate surface area is 157 Å². The number of carbonyl (C=O) groups is 2. The SMILES string of the molecule is O=C(Cn1c(O)c(C2=Nc3ccccc3C2=O)sc1=O)Nc1ccccc1. The number of amides is 1. The summed E-state index contributed by atoms with van der Waals surface area (Å²) in [5.74, 6) is -1.26. The Morgan fingerprint density at radius 1 is 1.07 bits per heavy atom. The van der Waals surface area contributed by atoms with Gasteiger partial charge >= 0.3 is 4.87 Å². The Hall–Kier alpha value is -3.52. The van der Waals surface area contributed by atoms with Gasteiger partial charge in [0.1, 0.15) is 17.1 Å². The molecular formula is C19H13N3O4S. The van der Waals surface area contributed by atoms with E-state index in [0.717, 1.165) is 4.57 Å². The summed E-state index contributed by atoms with van der Waals surface area (Å²) < 4.78 is 0.928. The number of benzene rings is 2. The number of fused-ring (bicyclic) bond motifs is 1. The van der Waals surface area contributed by atoms with Gasteiger partial charge < -0.3 is 10.4 Å². The number of hydrogen-bond donors (Lipinski definition) is 2. The first kappa shape index (κ1) is 16.9. The van der Waals surface area contributed by atoms with E-state index in [0.29, 0.717) is 28.3 Å². The molecule has 0 spiro atoms. The molecule has 0 aliphatic carbocycles. The number of aromatic hydroxyl groups is 1. The second kappa shape index (κ2) is 6.65. The standard InChI is InChI=1S/C19H13N3O4S/c23-14(20-11-6-2-1-3-7-11)10-22-18(25)17(27-19(22)26)15-16(24)12-8-4-5-9-13(12)21-15/h1-9,25H,10H2,(H,20,23). The fourth-order valence-electron chi connectivity index (χ4n) is 2.77. The van der Waals surface area contributed by atoms with Crippen LogP contribution in [-0.4, -0.2) is 27.1 Å². The molecule has 0 saturated heterocycles. The number of ketones is 1. The summed E-state index contributed by atoms with van der Waals surface area (Å²) in [6.45, 7) is -0.371. The number of aliphatic imine (C=N–C) groups is 1. The first-order valence-corrected chi connectivity index (χ1v) is 8.86. The molecule has 2 N–H and O–H groups in total. The van der Waals surface area contributed by atoms with Gasteiger partial charge in [-0.2, -0.15) is 0 Å². The van der Waals surface area contributed by atoms with Crippen molar-refractivity contribution in [1.82, 2.24) is 4.57 Å². The molecule has 0 bridgehead atoms. The lowest BCUT2D eigenvalue weighted by molar-refractivity contribution is -0.116. The number of nitrogens with one attached hydrogen (secondary N) is 1. The van der Waals surface area contributed by atoms with Crippen LogP contribution in [0.1, 0.15) is 15.2 Å². The van der Waals surface area contributed by atoms with E-state index in [9.17, 15) is 19.5 Å². The van der Waals surface area contributed by atoms with Crippen molar-refractivity contribution in [3.8, 4) is 5.88 Å². The van der Waals surface area contributed by atoms with Crippen LogP contribution in [0.4, 0.5) is 11.4 Å². The van der Waals surface area contributed by atoms with E-state index < -0.39 is 16.7 Å². The highest BCUT2D eigenvalue weighted by molar-refractivity contribution is 7.13. The van der Waals surface area contributed by atoms with Crippen LogP contribution in [0.5, 0.6) is 5.88 Å². The van der Waals surface area contributed by atoms with Crippen molar-refractivity contribution in [2.45, 2.75) is 6.54 Å². The van der Waals surface area contributed by atoms with Gasteiger partial charge in [-0.15, -0.1) is 0 Å². The largest absolute Gasteiger partial charge is 0.493 e. The molecule has 1 aliphatic heterocycles. The quantitative estimate of drug-likeness (QED) is 0.727. The number of para-hydroxylation sites is 2. The van der Waals surface area contributed by atoms with Gasteiger partial charge in [0, 0.05) is 11.3 Å². The number of aromatic nitrogens is 1. The number of thiazole rings is 1. The van der Waals surface area contributed by atoms with Crippen LogP contribution in [0.15, 0.2) is 64.4 Å². The predicted molar refractivity (Wildman–Crippen MR) is 102 cm³/mol. The average Bonchev–Trinajstić information content (AvgIpc) is 3.14. The van der Waals surface area contributed by atoms with Gasteiger partial charge in [-0.1, -0.05) is 41.7 Å². The minimum Gasteiger partial charge on any atom is -0.493 e. The van der Waals surface area contributed by atoms with Crippen molar-refractivity contribution in [3.63, 3.8) is 0 Å². The Morgan fingerprint density at radius 2 is 1.78 bits per heavy atom. The highest BCUT2D eigenvalue weighted by Crippen LogP contribution is 2.32. The van der Waals surface area contributed by atoms with Crippen LogP contribution < -0.4 is 10.2 Å². The molecule has 134 valence electrons. The molecule has 8 heteroatoms. The maximum absolute atomic E-state index is 12.5. The van der Waals surface area contributed by atoms with Gasteiger partial charge in [0.2, 0.25) is 17.6 Å². The molecule has 1 aliphatic rings. The molecular weight excluding hydrogens is 366 g/mol. The number of nitrogens with zero attached hydrogens (tertiary/aromatic N) is 2. The van der Waals surface area contributed by atoms with Gasteiger partial charge in [-0.25, -0.2) is 4.99 Å². The summed E-state index contributed by atoms with van der Waals surface area (Å²) in [6, 6.07) is 15.6. The fraction of sp³-hybridized carbons (Fsp3) is 0.0526. The van der Waals surface area contributed by atoms with E-state index in [2.05, 4.69) is 10.3 Å². The summed E-state index contributed by atoms with van der Waals surface area (Å²) in [4.78, 5) is 40.7. The molecule has 0 atom stereocenters. The van der Waals surface area contributed by atoms with Gasteiger partial charge in [-0.05, 0) is 24.3 Å². The van der Waals surface area contributed by atoms with E-state index >= 15 is 0 Å². The molecule has 0 saturated carbocycles. The van der Waals surface area contributed by atoms with Crippen LogP contribution in [-0.2, 0) is 11.3 Å². The van der Waals surface area contributed by atoms with E-state index in [4.69, 9.17) is 0 Å². The first-order valence-electron chi connectivity index (χ1n) is 8.05. The molecule has 0 radical (unpaired) electrons. The third kappa shape index (κ3) is 3.06. The fourth-order valence-corrected chi connectivity index (χ4v) is 3.64. The average molecular weight is 379 g/mol. The first-order chi connectivity index (χ1) is 13.0. The summed E-state index contributed by atoms with van der Waals surface area (Å²) in [7, 11) is 0. The van der Waals surface area contributed by atoms with Crippen molar-refractivity contribution in [1.29, 1.82) is 0 Å². The number of rotatable bonds is 4. The zero-order valence-corrected chi connectivity index (χ0v) is 14.7. The predicted octanol–water partition coefficient (Wildman–Crippen LogP) is 2.57. The highest BCUT2D eigenvalue weighted by Gasteiger charge is 2.30. The van der Waals surface area contributed by atoms with Crippen LogP contribution in [0.25, 0.3) is 0 Å². The summed E-state index contributed by atoms with van der Waals surface area (Å²) >= 11 is 0.687. The van der Waals surface area contributed by atoms with E-state index in [1.165, 1.54) is 0 Å².